The number of rotatable bonds is 16. The van der Waals surface area contributed by atoms with Crippen LogP contribution in [0.25, 0.3) is 22.3 Å². The van der Waals surface area contributed by atoms with Crippen LogP contribution in [0, 0.1) is 23.4 Å². The average molecular weight is 583 g/mol. The van der Waals surface area contributed by atoms with Gasteiger partial charge in [-0.2, -0.15) is 4.39 Å². The molecule has 0 bridgehead atoms. The SMILES string of the molecule is CCCCCCCOc1ccc(-c2ccc(-c3ccc(C4OCC(CCCCCCC)CO4)cc3F)cc2)c(F)c1F. The van der Waals surface area contributed by atoms with Gasteiger partial charge < -0.3 is 14.2 Å². The summed E-state index contributed by atoms with van der Waals surface area (Å²) in [6, 6.07) is 14.7. The van der Waals surface area contributed by atoms with Gasteiger partial charge in [0, 0.05) is 22.6 Å². The predicted octanol–water partition coefficient (Wildman–Crippen LogP) is 10.8. The molecule has 1 aliphatic heterocycles. The summed E-state index contributed by atoms with van der Waals surface area (Å²) < 4.78 is 62.2. The maximum Gasteiger partial charge on any atom is 0.201 e. The lowest BCUT2D eigenvalue weighted by Crippen LogP contribution is -2.27. The van der Waals surface area contributed by atoms with Crippen molar-refractivity contribution >= 4 is 0 Å². The van der Waals surface area contributed by atoms with E-state index in [0.29, 0.717) is 48.0 Å². The van der Waals surface area contributed by atoms with Gasteiger partial charge in [0.2, 0.25) is 5.82 Å². The van der Waals surface area contributed by atoms with E-state index >= 15 is 4.39 Å². The van der Waals surface area contributed by atoms with E-state index in [2.05, 4.69) is 13.8 Å². The van der Waals surface area contributed by atoms with E-state index in [9.17, 15) is 8.78 Å². The van der Waals surface area contributed by atoms with Crippen LogP contribution in [0.4, 0.5) is 13.2 Å². The van der Waals surface area contributed by atoms with Gasteiger partial charge in [-0.3, -0.25) is 0 Å². The maximum absolute atomic E-state index is 15.2. The Hall–Kier alpha value is -2.83. The highest BCUT2D eigenvalue weighted by molar-refractivity contribution is 5.71. The predicted molar refractivity (Wildman–Crippen MR) is 163 cm³/mol. The zero-order chi connectivity index (χ0) is 29.7. The fourth-order valence-electron chi connectivity index (χ4n) is 5.43. The topological polar surface area (TPSA) is 27.7 Å². The minimum Gasteiger partial charge on any atom is -0.490 e. The Balaban J connectivity index is 1.33. The summed E-state index contributed by atoms with van der Waals surface area (Å²) in [5.41, 5.74) is 2.34. The zero-order valence-corrected chi connectivity index (χ0v) is 25.1. The summed E-state index contributed by atoms with van der Waals surface area (Å²) in [6.45, 7) is 5.96. The third-order valence-electron chi connectivity index (χ3n) is 8.01. The van der Waals surface area contributed by atoms with Crippen molar-refractivity contribution in [3.05, 3.63) is 77.6 Å². The van der Waals surface area contributed by atoms with Crippen molar-refractivity contribution in [2.24, 2.45) is 5.92 Å². The van der Waals surface area contributed by atoms with Crippen LogP contribution in [0.3, 0.4) is 0 Å². The minimum absolute atomic E-state index is 0.0747. The van der Waals surface area contributed by atoms with Crippen molar-refractivity contribution in [1.29, 1.82) is 0 Å². The molecule has 0 radical (unpaired) electrons. The average Bonchev–Trinajstić information content (AvgIpc) is 3.01. The summed E-state index contributed by atoms with van der Waals surface area (Å²) in [5, 5.41) is 0. The highest BCUT2D eigenvalue weighted by Crippen LogP contribution is 2.34. The smallest absolute Gasteiger partial charge is 0.201 e. The second kappa shape index (κ2) is 16.7. The van der Waals surface area contributed by atoms with Crippen LogP contribution in [0.1, 0.15) is 96.3 Å². The first-order chi connectivity index (χ1) is 20.5. The molecule has 1 fully saturated rings. The van der Waals surface area contributed by atoms with Crippen molar-refractivity contribution < 1.29 is 27.4 Å². The summed E-state index contributed by atoms with van der Waals surface area (Å²) in [6.07, 6.45) is 12.0. The van der Waals surface area contributed by atoms with Gasteiger partial charge in [0.05, 0.1) is 19.8 Å². The number of ether oxygens (including phenoxy) is 3. The van der Waals surface area contributed by atoms with E-state index < -0.39 is 17.9 Å². The van der Waals surface area contributed by atoms with Crippen molar-refractivity contribution in [2.45, 2.75) is 90.8 Å². The molecule has 1 aliphatic rings. The Morgan fingerprint density at radius 1 is 0.667 bits per heavy atom. The molecule has 0 aliphatic carbocycles. The molecule has 3 nitrogen and oxygen atoms in total. The van der Waals surface area contributed by atoms with Crippen molar-refractivity contribution in [1.82, 2.24) is 0 Å². The molecule has 42 heavy (non-hydrogen) atoms. The molecule has 4 rings (SSSR count). The Bertz CT molecular complexity index is 1240. The first kappa shape index (κ1) is 32.1. The normalized spacial score (nSPS) is 17.0. The molecule has 6 heteroatoms. The van der Waals surface area contributed by atoms with Crippen LogP contribution in [-0.4, -0.2) is 19.8 Å². The Kier molecular flexibility index (Phi) is 12.8. The summed E-state index contributed by atoms with van der Waals surface area (Å²) >= 11 is 0. The highest BCUT2D eigenvalue weighted by Gasteiger charge is 2.24. The van der Waals surface area contributed by atoms with Gasteiger partial charge in [-0.25, -0.2) is 8.78 Å². The molecule has 0 aromatic heterocycles. The van der Waals surface area contributed by atoms with E-state index in [0.717, 1.165) is 32.1 Å². The molecule has 0 amide bonds. The number of halogens is 3. The molecular weight excluding hydrogens is 537 g/mol. The molecule has 1 heterocycles. The standard InChI is InChI=1S/C36H45F3O3/c1-3-5-7-9-11-13-26-24-41-36(42-25-26)29-18-19-30(32(37)23-29)27-14-16-28(17-15-27)31-20-21-33(35(39)34(31)38)40-22-12-10-8-6-4-2/h14-21,23,26,36H,3-13,22,24-25H2,1-2H3. The third-order valence-corrected chi connectivity index (χ3v) is 8.01. The molecule has 0 spiro atoms. The minimum atomic E-state index is -0.989. The van der Waals surface area contributed by atoms with E-state index in [4.69, 9.17) is 14.2 Å². The Morgan fingerprint density at radius 3 is 1.90 bits per heavy atom. The van der Waals surface area contributed by atoms with E-state index in [1.165, 1.54) is 56.7 Å². The van der Waals surface area contributed by atoms with Crippen LogP contribution in [0.15, 0.2) is 54.6 Å². The molecule has 228 valence electrons. The van der Waals surface area contributed by atoms with Gasteiger partial charge >= 0.3 is 0 Å². The quantitative estimate of drug-likeness (QED) is 0.157. The van der Waals surface area contributed by atoms with Gasteiger partial charge in [-0.15, -0.1) is 0 Å². The Morgan fingerprint density at radius 2 is 1.26 bits per heavy atom. The number of hydrogen-bond acceptors (Lipinski definition) is 3. The molecule has 0 unspecified atom stereocenters. The monoisotopic (exact) mass is 582 g/mol. The van der Waals surface area contributed by atoms with Crippen LogP contribution < -0.4 is 4.74 Å². The van der Waals surface area contributed by atoms with Crippen molar-refractivity contribution in [3.8, 4) is 28.0 Å². The lowest BCUT2D eigenvalue weighted by Gasteiger charge is -2.29. The number of hydrogen-bond donors (Lipinski definition) is 0. The fraction of sp³-hybridized carbons (Fsp3) is 0.500. The second-order valence-electron chi connectivity index (χ2n) is 11.4. The van der Waals surface area contributed by atoms with Gasteiger partial charge in [-0.1, -0.05) is 108 Å². The van der Waals surface area contributed by atoms with Gasteiger partial charge in [0.25, 0.3) is 0 Å². The number of benzene rings is 3. The zero-order valence-electron chi connectivity index (χ0n) is 25.1. The van der Waals surface area contributed by atoms with E-state index in [1.54, 1.807) is 30.3 Å². The third kappa shape index (κ3) is 8.84. The molecule has 3 aromatic carbocycles. The summed E-state index contributed by atoms with van der Waals surface area (Å²) in [5.74, 6) is -2.02. The van der Waals surface area contributed by atoms with Crippen LogP contribution in [-0.2, 0) is 9.47 Å². The summed E-state index contributed by atoms with van der Waals surface area (Å²) in [7, 11) is 0. The van der Waals surface area contributed by atoms with Crippen molar-refractivity contribution in [3.63, 3.8) is 0 Å². The Labute approximate surface area is 249 Å². The molecule has 0 N–H and O–H groups in total. The van der Waals surface area contributed by atoms with Gasteiger partial charge in [0.1, 0.15) is 5.82 Å². The van der Waals surface area contributed by atoms with Crippen LogP contribution in [0.5, 0.6) is 5.75 Å². The molecular formula is C36H45F3O3. The largest absolute Gasteiger partial charge is 0.490 e. The molecule has 1 saturated heterocycles. The van der Waals surface area contributed by atoms with Gasteiger partial charge in [-0.05, 0) is 42.2 Å². The van der Waals surface area contributed by atoms with E-state index in [-0.39, 0.29) is 17.1 Å². The first-order valence-electron chi connectivity index (χ1n) is 15.8. The van der Waals surface area contributed by atoms with Crippen LogP contribution in [0.2, 0.25) is 0 Å². The number of unbranched alkanes of at least 4 members (excludes halogenated alkanes) is 8. The molecule has 0 atom stereocenters. The van der Waals surface area contributed by atoms with Gasteiger partial charge in [0.15, 0.2) is 17.9 Å². The van der Waals surface area contributed by atoms with Crippen LogP contribution >= 0.6 is 0 Å². The maximum atomic E-state index is 15.2. The summed E-state index contributed by atoms with van der Waals surface area (Å²) in [4.78, 5) is 0. The highest BCUT2D eigenvalue weighted by atomic mass is 19.2. The van der Waals surface area contributed by atoms with Crippen molar-refractivity contribution in [2.75, 3.05) is 19.8 Å². The lowest BCUT2D eigenvalue weighted by molar-refractivity contribution is -0.206. The lowest BCUT2D eigenvalue weighted by atomic mass is 9.98. The fourth-order valence-corrected chi connectivity index (χ4v) is 5.43. The molecule has 3 aromatic rings. The molecule has 0 saturated carbocycles. The first-order valence-corrected chi connectivity index (χ1v) is 15.8. The second-order valence-corrected chi connectivity index (χ2v) is 11.4. The van der Waals surface area contributed by atoms with E-state index in [1.807, 2.05) is 6.07 Å².